The zero-order valence-electron chi connectivity index (χ0n) is 12.9. The topological polar surface area (TPSA) is 21.3 Å². The first-order valence-electron chi connectivity index (χ1n) is 7.94. The molecule has 1 fully saturated rings. The summed E-state index contributed by atoms with van der Waals surface area (Å²) in [6.07, 6.45) is 7.99. The summed E-state index contributed by atoms with van der Waals surface area (Å²) in [6, 6.07) is 4.29. The van der Waals surface area contributed by atoms with E-state index in [1.165, 1.54) is 38.5 Å². The summed E-state index contributed by atoms with van der Waals surface area (Å²) in [7, 11) is 0. The summed E-state index contributed by atoms with van der Waals surface area (Å²) in [6.45, 7) is 4.77. The lowest BCUT2D eigenvalue weighted by atomic mass is 10.1. The molecule has 0 saturated heterocycles. The molecular weight excluding hydrogens is 305 g/mol. The second-order valence-corrected chi connectivity index (χ2v) is 6.96. The van der Waals surface area contributed by atoms with Crippen LogP contribution in [0.4, 0.5) is 0 Å². The van der Waals surface area contributed by atoms with E-state index in [0.29, 0.717) is 16.1 Å². The predicted octanol–water partition coefficient (Wildman–Crippen LogP) is 5.59. The first kappa shape index (κ1) is 16.9. The minimum Gasteiger partial charge on any atom is -0.489 e. The smallest absolute Gasteiger partial charge is 0.142 e. The van der Waals surface area contributed by atoms with Crippen LogP contribution in [0.1, 0.15) is 57.9 Å². The predicted molar refractivity (Wildman–Crippen MR) is 90.6 cm³/mol. The van der Waals surface area contributed by atoms with E-state index in [4.69, 9.17) is 27.9 Å². The minimum absolute atomic E-state index is 0.0975. The third kappa shape index (κ3) is 5.36. The molecule has 0 radical (unpaired) electrons. The van der Waals surface area contributed by atoms with Crippen LogP contribution in [0.15, 0.2) is 12.1 Å². The maximum absolute atomic E-state index is 6.29. The lowest BCUT2D eigenvalue weighted by Gasteiger charge is -2.20. The van der Waals surface area contributed by atoms with Crippen molar-refractivity contribution in [1.29, 1.82) is 0 Å². The number of hydrogen-bond donors (Lipinski definition) is 1. The Kier molecular flexibility index (Phi) is 6.66. The van der Waals surface area contributed by atoms with Crippen molar-refractivity contribution >= 4 is 23.2 Å². The third-order valence-electron chi connectivity index (χ3n) is 3.88. The lowest BCUT2D eigenvalue weighted by molar-refractivity contribution is 0.239. The molecular formula is C17H25Cl2NO. The van der Waals surface area contributed by atoms with Gasteiger partial charge < -0.3 is 10.1 Å². The minimum atomic E-state index is 0.0975. The summed E-state index contributed by atoms with van der Waals surface area (Å²) in [5.41, 5.74) is 1.05. The van der Waals surface area contributed by atoms with Gasteiger partial charge in [-0.3, -0.25) is 0 Å². The van der Waals surface area contributed by atoms with Crippen molar-refractivity contribution in [2.24, 2.45) is 0 Å². The van der Waals surface area contributed by atoms with Crippen LogP contribution in [0, 0.1) is 0 Å². The monoisotopic (exact) mass is 329 g/mol. The Balaban J connectivity index is 2.06. The molecule has 1 aliphatic carbocycles. The zero-order valence-corrected chi connectivity index (χ0v) is 14.4. The third-order valence-corrected chi connectivity index (χ3v) is 4.37. The molecule has 118 valence electrons. The average molecular weight is 330 g/mol. The second-order valence-electron chi connectivity index (χ2n) is 6.11. The van der Waals surface area contributed by atoms with Crippen LogP contribution in [-0.4, -0.2) is 12.1 Å². The highest BCUT2D eigenvalue weighted by atomic mass is 35.5. The molecule has 1 aliphatic rings. The molecule has 0 bridgehead atoms. The molecule has 1 saturated carbocycles. The van der Waals surface area contributed by atoms with E-state index in [9.17, 15) is 0 Å². The van der Waals surface area contributed by atoms with Crippen LogP contribution in [0.5, 0.6) is 5.75 Å². The number of ether oxygens (including phenoxy) is 1. The van der Waals surface area contributed by atoms with Gasteiger partial charge >= 0.3 is 0 Å². The second kappa shape index (κ2) is 8.26. The van der Waals surface area contributed by atoms with Crippen LogP contribution in [0.2, 0.25) is 10.0 Å². The average Bonchev–Trinajstić information content (AvgIpc) is 2.68. The molecule has 1 aromatic carbocycles. The van der Waals surface area contributed by atoms with E-state index in [1.807, 2.05) is 19.9 Å². The van der Waals surface area contributed by atoms with Crippen LogP contribution in [0.25, 0.3) is 0 Å². The number of rotatable bonds is 5. The van der Waals surface area contributed by atoms with E-state index in [-0.39, 0.29) is 6.10 Å². The fourth-order valence-corrected chi connectivity index (χ4v) is 3.43. The summed E-state index contributed by atoms with van der Waals surface area (Å²) in [5, 5.41) is 4.90. The molecule has 1 N–H and O–H groups in total. The quantitative estimate of drug-likeness (QED) is 0.710. The summed E-state index contributed by atoms with van der Waals surface area (Å²) >= 11 is 12.4. The fraction of sp³-hybridized carbons (Fsp3) is 0.647. The van der Waals surface area contributed by atoms with Crippen molar-refractivity contribution in [3.05, 3.63) is 27.7 Å². The van der Waals surface area contributed by atoms with Gasteiger partial charge in [0.15, 0.2) is 0 Å². The highest BCUT2D eigenvalue weighted by Gasteiger charge is 2.15. The summed E-state index contributed by atoms with van der Waals surface area (Å²) in [4.78, 5) is 0. The van der Waals surface area contributed by atoms with Gasteiger partial charge in [-0.25, -0.2) is 0 Å². The van der Waals surface area contributed by atoms with E-state index < -0.39 is 0 Å². The van der Waals surface area contributed by atoms with Crippen molar-refractivity contribution in [2.75, 3.05) is 0 Å². The Hall–Kier alpha value is -0.440. The van der Waals surface area contributed by atoms with Gasteiger partial charge in [-0.1, -0.05) is 48.9 Å². The molecule has 2 nitrogen and oxygen atoms in total. The van der Waals surface area contributed by atoms with Crippen molar-refractivity contribution in [2.45, 2.75) is 71.1 Å². The standard InChI is InChI=1S/C17H25Cl2NO/c1-12(2)21-17-13(9-14(18)10-16(17)19)11-20-15-7-5-3-4-6-8-15/h9-10,12,15,20H,3-8,11H2,1-2H3. The van der Waals surface area contributed by atoms with Gasteiger partial charge in [-0.15, -0.1) is 0 Å². The molecule has 0 aliphatic heterocycles. The Morgan fingerprint density at radius 3 is 2.43 bits per heavy atom. The maximum Gasteiger partial charge on any atom is 0.142 e. The molecule has 0 aromatic heterocycles. The van der Waals surface area contributed by atoms with Crippen LogP contribution in [-0.2, 0) is 6.54 Å². The van der Waals surface area contributed by atoms with Crippen molar-refractivity contribution in [3.8, 4) is 5.75 Å². The van der Waals surface area contributed by atoms with Crippen LogP contribution < -0.4 is 10.1 Å². The van der Waals surface area contributed by atoms with Gasteiger partial charge in [-0.2, -0.15) is 0 Å². The Morgan fingerprint density at radius 2 is 1.81 bits per heavy atom. The van der Waals surface area contributed by atoms with E-state index >= 15 is 0 Å². The Morgan fingerprint density at radius 1 is 1.14 bits per heavy atom. The Bertz CT molecular complexity index is 454. The molecule has 0 spiro atoms. The number of nitrogens with one attached hydrogen (secondary N) is 1. The van der Waals surface area contributed by atoms with E-state index in [0.717, 1.165) is 17.9 Å². The normalized spacial score (nSPS) is 17.0. The number of benzene rings is 1. The molecule has 0 unspecified atom stereocenters. The fourth-order valence-electron chi connectivity index (χ4n) is 2.85. The molecule has 0 heterocycles. The van der Waals surface area contributed by atoms with E-state index in [2.05, 4.69) is 5.32 Å². The highest BCUT2D eigenvalue weighted by molar-refractivity contribution is 6.35. The Labute approximate surface area is 138 Å². The van der Waals surface area contributed by atoms with Gasteiger partial charge in [0.05, 0.1) is 11.1 Å². The maximum atomic E-state index is 6.29. The molecule has 0 atom stereocenters. The van der Waals surface area contributed by atoms with Crippen LogP contribution >= 0.6 is 23.2 Å². The zero-order chi connectivity index (χ0) is 15.2. The van der Waals surface area contributed by atoms with Gasteiger partial charge in [0.25, 0.3) is 0 Å². The summed E-state index contributed by atoms with van der Waals surface area (Å²) in [5.74, 6) is 0.761. The first-order valence-corrected chi connectivity index (χ1v) is 8.70. The van der Waals surface area contributed by atoms with Gasteiger partial charge in [-0.05, 0) is 38.8 Å². The molecule has 4 heteroatoms. The number of hydrogen-bond acceptors (Lipinski definition) is 2. The largest absolute Gasteiger partial charge is 0.489 e. The van der Waals surface area contributed by atoms with Crippen molar-refractivity contribution in [1.82, 2.24) is 5.32 Å². The van der Waals surface area contributed by atoms with Crippen molar-refractivity contribution < 1.29 is 4.74 Å². The number of halogens is 2. The van der Waals surface area contributed by atoms with Crippen LogP contribution in [0.3, 0.4) is 0 Å². The molecule has 21 heavy (non-hydrogen) atoms. The highest BCUT2D eigenvalue weighted by Crippen LogP contribution is 2.33. The summed E-state index contributed by atoms with van der Waals surface area (Å²) < 4.78 is 5.87. The van der Waals surface area contributed by atoms with Crippen molar-refractivity contribution in [3.63, 3.8) is 0 Å². The molecule has 2 rings (SSSR count). The van der Waals surface area contributed by atoms with Gasteiger partial charge in [0, 0.05) is 23.2 Å². The lowest BCUT2D eigenvalue weighted by Crippen LogP contribution is -2.28. The van der Waals surface area contributed by atoms with Gasteiger partial charge in [0.2, 0.25) is 0 Å². The SMILES string of the molecule is CC(C)Oc1c(Cl)cc(Cl)cc1CNC1CCCCCC1. The molecule has 1 aromatic rings. The van der Waals surface area contributed by atoms with E-state index in [1.54, 1.807) is 6.07 Å². The first-order chi connectivity index (χ1) is 10.1. The molecule has 0 amide bonds. The van der Waals surface area contributed by atoms with Gasteiger partial charge in [0.1, 0.15) is 5.75 Å².